The summed E-state index contributed by atoms with van der Waals surface area (Å²) in [5, 5.41) is 0. The van der Waals surface area contributed by atoms with Gasteiger partial charge in [-0.2, -0.15) is 0 Å². The molecule has 0 saturated heterocycles. The van der Waals surface area contributed by atoms with Crippen LogP contribution in [0.15, 0.2) is 18.2 Å². The molecule has 2 nitrogen and oxygen atoms in total. The molecule has 0 spiro atoms. The van der Waals surface area contributed by atoms with Crippen LogP contribution in [0.5, 0.6) is 5.75 Å². The first kappa shape index (κ1) is 15.0. The summed E-state index contributed by atoms with van der Waals surface area (Å²) in [7, 11) is 0. The Morgan fingerprint density at radius 3 is 2.33 bits per heavy atom. The molecular formula is C16H27NO. The van der Waals surface area contributed by atoms with Crippen molar-refractivity contribution in [1.29, 1.82) is 0 Å². The van der Waals surface area contributed by atoms with Crippen LogP contribution in [0.1, 0.15) is 45.7 Å². The quantitative estimate of drug-likeness (QED) is 0.884. The van der Waals surface area contributed by atoms with Crippen LogP contribution in [0, 0.1) is 12.8 Å². The highest BCUT2D eigenvalue weighted by atomic mass is 16.5. The molecule has 1 rings (SSSR count). The van der Waals surface area contributed by atoms with Crippen LogP contribution in [0.3, 0.4) is 0 Å². The second-order valence-electron chi connectivity index (χ2n) is 6.47. The Balaban J connectivity index is 2.89. The van der Waals surface area contributed by atoms with Crippen molar-refractivity contribution >= 4 is 0 Å². The van der Waals surface area contributed by atoms with E-state index >= 15 is 0 Å². The van der Waals surface area contributed by atoms with Gasteiger partial charge in [0.25, 0.3) is 0 Å². The topological polar surface area (TPSA) is 35.2 Å². The molecule has 0 aromatic heterocycles. The van der Waals surface area contributed by atoms with Crippen LogP contribution in [0.25, 0.3) is 0 Å². The predicted octanol–water partition coefficient (Wildman–Crippen LogP) is 3.65. The zero-order valence-electron chi connectivity index (χ0n) is 12.6. The van der Waals surface area contributed by atoms with E-state index in [2.05, 4.69) is 59.7 Å². The smallest absolute Gasteiger partial charge is 0.123 e. The lowest BCUT2D eigenvalue weighted by molar-refractivity contribution is 0.254. The van der Waals surface area contributed by atoms with Crippen molar-refractivity contribution in [2.45, 2.75) is 53.0 Å². The van der Waals surface area contributed by atoms with Crippen LogP contribution < -0.4 is 10.5 Å². The Bertz CT molecular complexity index is 391. The standard InChI is InChI=1S/C16H27NO/c1-11(2)14(17)10-18-15-8-7-12(3)9-13(15)16(4,5)6/h7-9,11,14H,10,17H2,1-6H3. The van der Waals surface area contributed by atoms with Crippen molar-refractivity contribution in [2.75, 3.05) is 6.61 Å². The minimum Gasteiger partial charge on any atom is -0.492 e. The number of aryl methyl sites for hydroxylation is 1. The van der Waals surface area contributed by atoms with Crippen molar-refractivity contribution in [3.8, 4) is 5.75 Å². The maximum absolute atomic E-state index is 6.03. The Morgan fingerprint density at radius 2 is 1.83 bits per heavy atom. The average Bonchev–Trinajstić information content (AvgIpc) is 2.25. The second kappa shape index (κ2) is 5.75. The Morgan fingerprint density at radius 1 is 1.22 bits per heavy atom. The van der Waals surface area contributed by atoms with E-state index in [1.165, 1.54) is 11.1 Å². The minimum atomic E-state index is 0.0825. The van der Waals surface area contributed by atoms with Crippen LogP contribution >= 0.6 is 0 Å². The highest BCUT2D eigenvalue weighted by Gasteiger charge is 2.20. The summed E-state index contributed by atoms with van der Waals surface area (Å²) in [6, 6.07) is 6.43. The van der Waals surface area contributed by atoms with Gasteiger partial charge >= 0.3 is 0 Å². The fourth-order valence-corrected chi connectivity index (χ4v) is 1.73. The number of benzene rings is 1. The summed E-state index contributed by atoms with van der Waals surface area (Å²) in [5.74, 6) is 1.40. The Hall–Kier alpha value is -1.02. The Kier molecular flexibility index (Phi) is 4.80. The third-order valence-corrected chi connectivity index (χ3v) is 3.23. The van der Waals surface area contributed by atoms with Crippen LogP contribution in [0.4, 0.5) is 0 Å². The molecule has 1 aromatic carbocycles. The largest absolute Gasteiger partial charge is 0.492 e. The van der Waals surface area contributed by atoms with E-state index in [1.54, 1.807) is 0 Å². The van der Waals surface area contributed by atoms with E-state index in [-0.39, 0.29) is 11.5 Å². The monoisotopic (exact) mass is 249 g/mol. The van der Waals surface area contributed by atoms with E-state index in [0.717, 1.165) is 5.75 Å². The van der Waals surface area contributed by atoms with E-state index in [0.29, 0.717) is 12.5 Å². The molecule has 0 amide bonds. The van der Waals surface area contributed by atoms with Crippen LogP contribution in [-0.4, -0.2) is 12.6 Å². The van der Waals surface area contributed by atoms with Gasteiger partial charge in [0.15, 0.2) is 0 Å². The van der Waals surface area contributed by atoms with Gasteiger partial charge in [0, 0.05) is 6.04 Å². The summed E-state index contributed by atoms with van der Waals surface area (Å²) in [4.78, 5) is 0. The van der Waals surface area contributed by atoms with Gasteiger partial charge in [-0.05, 0) is 29.9 Å². The van der Waals surface area contributed by atoms with E-state index < -0.39 is 0 Å². The van der Waals surface area contributed by atoms with Gasteiger partial charge in [-0.15, -0.1) is 0 Å². The van der Waals surface area contributed by atoms with E-state index in [9.17, 15) is 0 Å². The molecule has 1 aromatic rings. The summed E-state index contributed by atoms with van der Waals surface area (Å²) >= 11 is 0. The SMILES string of the molecule is Cc1ccc(OCC(N)C(C)C)c(C(C)(C)C)c1. The molecule has 0 radical (unpaired) electrons. The third-order valence-electron chi connectivity index (χ3n) is 3.23. The predicted molar refractivity (Wildman–Crippen MR) is 78.2 cm³/mol. The minimum absolute atomic E-state index is 0.0825. The molecule has 1 unspecified atom stereocenters. The van der Waals surface area contributed by atoms with Gasteiger partial charge in [0.2, 0.25) is 0 Å². The van der Waals surface area contributed by atoms with Crippen molar-refractivity contribution in [1.82, 2.24) is 0 Å². The number of ether oxygens (including phenoxy) is 1. The van der Waals surface area contributed by atoms with Gasteiger partial charge in [-0.25, -0.2) is 0 Å². The van der Waals surface area contributed by atoms with Gasteiger partial charge in [0.1, 0.15) is 12.4 Å². The zero-order valence-corrected chi connectivity index (χ0v) is 12.6. The van der Waals surface area contributed by atoms with Crippen molar-refractivity contribution in [2.24, 2.45) is 11.7 Å². The first-order valence-electron chi connectivity index (χ1n) is 6.71. The molecule has 2 N–H and O–H groups in total. The first-order valence-corrected chi connectivity index (χ1v) is 6.71. The fraction of sp³-hybridized carbons (Fsp3) is 0.625. The van der Waals surface area contributed by atoms with Crippen molar-refractivity contribution in [3.63, 3.8) is 0 Å². The van der Waals surface area contributed by atoms with E-state index in [4.69, 9.17) is 10.5 Å². The highest BCUT2D eigenvalue weighted by Crippen LogP contribution is 2.32. The summed E-state index contributed by atoms with van der Waals surface area (Å²) < 4.78 is 5.92. The van der Waals surface area contributed by atoms with Gasteiger partial charge in [-0.3, -0.25) is 0 Å². The molecule has 0 heterocycles. The first-order chi connectivity index (χ1) is 8.21. The molecule has 0 aliphatic rings. The molecule has 0 saturated carbocycles. The number of hydrogen-bond acceptors (Lipinski definition) is 2. The summed E-state index contributed by atoms with van der Waals surface area (Å²) in [6.07, 6.45) is 0. The molecule has 0 aliphatic carbocycles. The molecule has 1 atom stereocenters. The number of nitrogens with two attached hydrogens (primary N) is 1. The average molecular weight is 249 g/mol. The summed E-state index contributed by atoms with van der Waals surface area (Å²) in [5.41, 5.74) is 8.63. The van der Waals surface area contributed by atoms with Crippen LogP contribution in [-0.2, 0) is 5.41 Å². The zero-order chi connectivity index (χ0) is 13.9. The number of hydrogen-bond donors (Lipinski definition) is 1. The lowest BCUT2D eigenvalue weighted by atomic mass is 9.85. The lowest BCUT2D eigenvalue weighted by Crippen LogP contribution is -2.33. The third kappa shape index (κ3) is 4.02. The molecule has 0 fully saturated rings. The molecule has 0 bridgehead atoms. The normalized spacial score (nSPS) is 13.8. The molecule has 18 heavy (non-hydrogen) atoms. The molecule has 0 aliphatic heterocycles. The second-order valence-corrected chi connectivity index (χ2v) is 6.47. The van der Waals surface area contributed by atoms with Gasteiger partial charge < -0.3 is 10.5 Å². The van der Waals surface area contributed by atoms with Crippen LogP contribution in [0.2, 0.25) is 0 Å². The van der Waals surface area contributed by atoms with Gasteiger partial charge in [0.05, 0.1) is 0 Å². The maximum atomic E-state index is 6.03. The molecular weight excluding hydrogens is 222 g/mol. The van der Waals surface area contributed by atoms with E-state index in [1.807, 2.05) is 0 Å². The van der Waals surface area contributed by atoms with Gasteiger partial charge in [-0.1, -0.05) is 52.3 Å². The molecule has 102 valence electrons. The highest BCUT2D eigenvalue weighted by molar-refractivity contribution is 5.41. The van der Waals surface area contributed by atoms with Crippen molar-refractivity contribution < 1.29 is 4.74 Å². The van der Waals surface area contributed by atoms with Crippen molar-refractivity contribution in [3.05, 3.63) is 29.3 Å². The Labute approximate surface area is 112 Å². The fourth-order valence-electron chi connectivity index (χ4n) is 1.73. The number of rotatable bonds is 4. The maximum Gasteiger partial charge on any atom is 0.123 e. The molecule has 2 heteroatoms. The lowest BCUT2D eigenvalue weighted by Gasteiger charge is -2.25. The summed E-state index contributed by atoms with van der Waals surface area (Å²) in [6.45, 7) is 13.5.